The van der Waals surface area contributed by atoms with Gasteiger partial charge in [0.05, 0.1) is 6.54 Å². The standard InChI is InChI=1S/C20H30ClN5O/c1-22-20(23-9-4-12-24-10-2-3-11-24)26-14-13-25(19(27)16-26)15-17-5-7-18(21)8-6-17/h5-8H,2-4,9-16H2,1H3,(H,22,23). The van der Waals surface area contributed by atoms with Gasteiger partial charge >= 0.3 is 0 Å². The second-order valence-corrected chi connectivity index (χ2v) is 7.68. The number of guanidine groups is 1. The molecule has 1 N–H and O–H groups in total. The molecule has 0 spiro atoms. The summed E-state index contributed by atoms with van der Waals surface area (Å²) in [4.78, 5) is 23.4. The Morgan fingerprint density at radius 1 is 1.15 bits per heavy atom. The van der Waals surface area contributed by atoms with Crippen LogP contribution in [-0.4, -0.2) is 79.4 Å². The number of aliphatic imine (C=N–C) groups is 1. The predicted molar refractivity (Wildman–Crippen MR) is 110 cm³/mol. The van der Waals surface area contributed by atoms with Crippen LogP contribution in [-0.2, 0) is 11.3 Å². The lowest BCUT2D eigenvalue weighted by Crippen LogP contribution is -2.55. The lowest BCUT2D eigenvalue weighted by molar-refractivity contribution is -0.135. The fourth-order valence-corrected chi connectivity index (χ4v) is 3.83. The molecule has 1 amide bonds. The van der Waals surface area contributed by atoms with Crippen LogP contribution >= 0.6 is 11.6 Å². The van der Waals surface area contributed by atoms with Crippen LogP contribution in [0, 0.1) is 0 Å². The highest BCUT2D eigenvalue weighted by atomic mass is 35.5. The quantitative estimate of drug-likeness (QED) is 0.458. The van der Waals surface area contributed by atoms with Crippen molar-refractivity contribution in [3.63, 3.8) is 0 Å². The molecule has 0 unspecified atom stereocenters. The Morgan fingerprint density at radius 3 is 2.56 bits per heavy atom. The summed E-state index contributed by atoms with van der Waals surface area (Å²) >= 11 is 5.93. The molecule has 7 heteroatoms. The van der Waals surface area contributed by atoms with Gasteiger partial charge in [0.1, 0.15) is 0 Å². The van der Waals surface area contributed by atoms with E-state index in [2.05, 4.69) is 20.1 Å². The van der Waals surface area contributed by atoms with Gasteiger partial charge in [-0.05, 0) is 56.6 Å². The molecule has 2 saturated heterocycles. The number of benzene rings is 1. The first-order chi connectivity index (χ1) is 13.2. The molecule has 3 rings (SSSR count). The van der Waals surface area contributed by atoms with Crippen molar-refractivity contribution in [1.29, 1.82) is 0 Å². The van der Waals surface area contributed by atoms with Crippen LogP contribution in [0.5, 0.6) is 0 Å². The van der Waals surface area contributed by atoms with Crippen molar-refractivity contribution in [2.24, 2.45) is 4.99 Å². The highest BCUT2D eigenvalue weighted by Crippen LogP contribution is 2.13. The third kappa shape index (κ3) is 5.84. The molecule has 2 aliphatic heterocycles. The number of hydrogen-bond acceptors (Lipinski definition) is 3. The zero-order chi connectivity index (χ0) is 19.1. The Hall–Kier alpha value is -1.79. The van der Waals surface area contributed by atoms with E-state index in [-0.39, 0.29) is 5.91 Å². The normalized spacial score (nSPS) is 19.0. The predicted octanol–water partition coefficient (Wildman–Crippen LogP) is 2.05. The minimum absolute atomic E-state index is 0.135. The number of hydrogen-bond donors (Lipinski definition) is 1. The Kier molecular flexibility index (Phi) is 7.35. The molecule has 2 heterocycles. The molecule has 0 radical (unpaired) electrons. The second kappa shape index (κ2) is 9.95. The number of amides is 1. The van der Waals surface area contributed by atoms with Crippen molar-refractivity contribution >= 4 is 23.5 Å². The molecule has 27 heavy (non-hydrogen) atoms. The third-order valence-corrected chi connectivity index (χ3v) is 5.50. The SMILES string of the molecule is CN=C(NCCCN1CCCC1)N1CCN(Cc2ccc(Cl)cc2)C(=O)C1. The Morgan fingerprint density at radius 2 is 1.89 bits per heavy atom. The summed E-state index contributed by atoms with van der Waals surface area (Å²) < 4.78 is 0. The fourth-order valence-electron chi connectivity index (χ4n) is 3.71. The number of likely N-dealkylation sites (tertiary alicyclic amines) is 1. The van der Waals surface area contributed by atoms with E-state index in [0.29, 0.717) is 19.6 Å². The lowest BCUT2D eigenvalue weighted by atomic mass is 10.2. The van der Waals surface area contributed by atoms with Crippen LogP contribution in [0.1, 0.15) is 24.8 Å². The van der Waals surface area contributed by atoms with Crippen LogP contribution in [0.2, 0.25) is 5.02 Å². The van der Waals surface area contributed by atoms with E-state index in [1.807, 2.05) is 29.2 Å². The molecule has 0 saturated carbocycles. The van der Waals surface area contributed by atoms with Crippen molar-refractivity contribution in [2.75, 3.05) is 52.9 Å². The van der Waals surface area contributed by atoms with Crippen molar-refractivity contribution in [3.05, 3.63) is 34.9 Å². The summed E-state index contributed by atoms with van der Waals surface area (Å²) in [5.41, 5.74) is 1.10. The van der Waals surface area contributed by atoms with Gasteiger partial charge in [-0.2, -0.15) is 0 Å². The number of nitrogens with one attached hydrogen (secondary N) is 1. The van der Waals surface area contributed by atoms with Crippen LogP contribution in [0.3, 0.4) is 0 Å². The molecular weight excluding hydrogens is 362 g/mol. The van der Waals surface area contributed by atoms with Gasteiger partial charge in [-0.3, -0.25) is 9.79 Å². The molecule has 1 aromatic rings. The maximum absolute atomic E-state index is 12.6. The summed E-state index contributed by atoms with van der Waals surface area (Å²) in [5, 5.41) is 4.14. The minimum Gasteiger partial charge on any atom is -0.356 e. The number of piperazine rings is 1. The van der Waals surface area contributed by atoms with Gasteiger partial charge in [-0.15, -0.1) is 0 Å². The van der Waals surface area contributed by atoms with Crippen molar-refractivity contribution in [1.82, 2.24) is 20.0 Å². The van der Waals surface area contributed by atoms with E-state index < -0.39 is 0 Å². The molecule has 2 fully saturated rings. The number of halogens is 1. The van der Waals surface area contributed by atoms with Crippen LogP contribution < -0.4 is 5.32 Å². The van der Waals surface area contributed by atoms with Gasteiger partial charge in [-0.25, -0.2) is 0 Å². The number of rotatable bonds is 6. The van der Waals surface area contributed by atoms with E-state index in [4.69, 9.17) is 11.6 Å². The van der Waals surface area contributed by atoms with E-state index in [1.165, 1.54) is 25.9 Å². The first-order valence-corrected chi connectivity index (χ1v) is 10.2. The highest BCUT2D eigenvalue weighted by Gasteiger charge is 2.25. The summed E-state index contributed by atoms with van der Waals surface area (Å²) in [6.07, 6.45) is 3.76. The molecule has 1 aromatic carbocycles. The molecule has 2 aliphatic rings. The molecule has 0 aliphatic carbocycles. The first kappa shape index (κ1) is 20.0. The lowest BCUT2D eigenvalue weighted by Gasteiger charge is -2.36. The molecule has 6 nitrogen and oxygen atoms in total. The van der Waals surface area contributed by atoms with Crippen LogP contribution in [0.25, 0.3) is 0 Å². The highest BCUT2D eigenvalue weighted by molar-refractivity contribution is 6.30. The maximum Gasteiger partial charge on any atom is 0.242 e. The van der Waals surface area contributed by atoms with Crippen LogP contribution in [0.15, 0.2) is 29.3 Å². The van der Waals surface area contributed by atoms with Crippen molar-refractivity contribution < 1.29 is 4.79 Å². The maximum atomic E-state index is 12.6. The third-order valence-electron chi connectivity index (χ3n) is 5.25. The number of carbonyl (C=O) groups is 1. The summed E-state index contributed by atoms with van der Waals surface area (Å²) in [6.45, 7) is 7.00. The van der Waals surface area contributed by atoms with E-state index >= 15 is 0 Å². The van der Waals surface area contributed by atoms with Gasteiger partial charge < -0.3 is 20.0 Å². The summed E-state index contributed by atoms with van der Waals surface area (Å²) in [7, 11) is 1.79. The molecular formula is C20H30ClN5O. The van der Waals surface area contributed by atoms with Gasteiger partial charge in [-0.1, -0.05) is 23.7 Å². The first-order valence-electron chi connectivity index (χ1n) is 9.86. The van der Waals surface area contributed by atoms with Gasteiger partial charge in [0.2, 0.25) is 5.91 Å². The number of carbonyl (C=O) groups excluding carboxylic acids is 1. The Labute approximate surface area is 167 Å². The number of nitrogens with zero attached hydrogens (tertiary/aromatic N) is 4. The van der Waals surface area contributed by atoms with E-state index in [0.717, 1.165) is 42.6 Å². The smallest absolute Gasteiger partial charge is 0.242 e. The Balaban J connectivity index is 1.42. The minimum atomic E-state index is 0.135. The average Bonchev–Trinajstić information content (AvgIpc) is 3.19. The molecule has 0 atom stereocenters. The molecule has 148 valence electrons. The molecule has 0 aromatic heterocycles. The average molecular weight is 392 g/mol. The Bertz CT molecular complexity index is 642. The van der Waals surface area contributed by atoms with Gasteiger partial charge in [0.15, 0.2) is 5.96 Å². The zero-order valence-electron chi connectivity index (χ0n) is 16.2. The zero-order valence-corrected chi connectivity index (χ0v) is 16.9. The topological polar surface area (TPSA) is 51.2 Å². The monoisotopic (exact) mass is 391 g/mol. The largest absolute Gasteiger partial charge is 0.356 e. The van der Waals surface area contributed by atoms with E-state index in [9.17, 15) is 4.79 Å². The summed E-state index contributed by atoms with van der Waals surface area (Å²) in [5.74, 6) is 0.965. The van der Waals surface area contributed by atoms with E-state index in [1.54, 1.807) is 7.05 Å². The second-order valence-electron chi connectivity index (χ2n) is 7.24. The fraction of sp³-hybridized carbons (Fsp3) is 0.600. The molecule has 0 bridgehead atoms. The van der Waals surface area contributed by atoms with Crippen molar-refractivity contribution in [2.45, 2.75) is 25.8 Å². The van der Waals surface area contributed by atoms with Gasteiger partial charge in [0, 0.05) is 38.2 Å². The van der Waals surface area contributed by atoms with Gasteiger partial charge in [0.25, 0.3) is 0 Å². The van der Waals surface area contributed by atoms with Crippen LogP contribution in [0.4, 0.5) is 0 Å². The summed E-state index contributed by atoms with van der Waals surface area (Å²) in [6, 6.07) is 7.68. The van der Waals surface area contributed by atoms with Crippen molar-refractivity contribution in [3.8, 4) is 0 Å².